The van der Waals surface area contributed by atoms with Crippen molar-refractivity contribution < 1.29 is 4.79 Å². The lowest BCUT2D eigenvalue weighted by Gasteiger charge is -2.39. The van der Waals surface area contributed by atoms with E-state index < -0.39 is 0 Å². The second-order valence-corrected chi connectivity index (χ2v) is 6.68. The summed E-state index contributed by atoms with van der Waals surface area (Å²) in [4.78, 5) is 15.1. The quantitative estimate of drug-likeness (QED) is 0.847. The van der Waals surface area contributed by atoms with Crippen LogP contribution in [0, 0.1) is 5.92 Å². The minimum absolute atomic E-state index is 0.257. The van der Waals surface area contributed by atoms with Crippen LogP contribution in [0.2, 0.25) is 0 Å². The highest BCUT2D eigenvalue weighted by Gasteiger charge is 2.49. The second kappa shape index (κ2) is 5.82. The number of nitrogens with zero attached hydrogens (tertiary/aromatic N) is 1. The van der Waals surface area contributed by atoms with Crippen molar-refractivity contribution in [3.05, 3.63) is 0 Å². The lowest BCUT2D eigenvalue weighted by molar-refractivity contribution is -0.137. The van der Waals surface area contributed by atoms with Gasteiger partial charge in [-0.3, -0.25) is 10.1 Å². The topological polar surface area (TPSA) is 32.3 Å². The van der Waals surface area contributed by atoms with Gasteiger partial charge in [-0.05, 0) is 38.5 Å². The Morgan fingerprint density at radius 1 is 1.32 bits per heavy atom. The van der Waals surface area contributed by atoms with Gasteiger partial charge in [0.25, 0.3) is 0 Å². The normalized spacial score (nSPS) is 39.9. The summed E-state index contributed by atoms with van der Waals surface area (Å²) in [6.45, 7) is 8.71. The third-order valence-corrected chi connectivity index (χ3v) is 5.22. The van der Waals surface area contributed by atoms with Gasteiger partial charge in [0.2, 0.25) is 5.91 Å². The van der Waals surface area contributed by atoms with Crippen LogP contribution in [0.1, 0.15) is 72.6 Å². The first kappa shape index (κ1) is 14.8. The van der Waals surface area contributed by atoms with Crippen LogP contribution in [0.3, 0.4) is 0 Å². The van der Waals surface area contributed by atoms with Gasteiger partial charge in [0.15, 0.2) is 0 Å². The van der Waals surface area contributed by atoms with E-state index in [1.54, 1.807) is 0 Å². The molecule has 4 unspecified atom stereocenters. The summed E-state index contributed by atoms with van der Waals surface area (Å²) in [6.07, 6.45) is 8.41. The molecule has 19 heavy (non-hydrogen) atoms. The minimum atomic E-state index is -0.336. The van der Waals surface area contributed by atoms with E-state index in [-0.39, 0.29) is 11.7 Å². The molecule has 0 aromatic rings. The molecule has 2 rings (SSSR count). The van der Waals surface area contributed by atoms with Gasteiger partial charge in [0.1, 0.15) is 0 Å². The first-order valence-corrected chi connectivity index (χ1v) is 8.14. The van der Waals surface area contributed by atoms with Crippen LogP contribution < -0.4 is 5.32 Å². The maximum atomic E-state index is 12.9. The van der Waals surface area contributed by atoms with E-state index in [1.807, 2.05) is 0 Å². The monoisotopic (exact) mass is 266 g/mol. The van der Waals surface area contributed by atoms with E-state index in [2.05, 4.69) is 37.9 Å². The molecule has 1 N–H and O–H groups in total. The van der Waals surface area contributed by atoms with Crippen LogP contribution in [0.25, 0.3) is 0 Å². The SMILES string of the molecule is CCCC1NC(C)(CC)C(=O)N1C1CCCCC1C. The minimum Gasteiger partial charge on any atom is -0.322 e. The van der Waals surface area contributed by atoms with Gasteiger partial charge >= 0.3 is 0 Å². The molecule has 0 bridgehead atoms. The maximum Gasteiger partial charge on any atom is 0.244 e. The van der Waals surface area contributed by atoms with E-state index in [1.165, 1.54) is 25.7 Å². The lowest BCUT2D eigenvalue weighted by Crippen LogP contribution is -2.49. The highest BCUT2D eigenvalue weighted by molar-refractivity contribution is 5.88. The molecule has 1 aliphatic carbocycles. The Bertz CT molecular complexity index is 331. The molecule has 2 fully saturated rings. The average molecular weight is 266 g/mol. The summed E-state index contributed by atoms with van der Waals surface area (Å²) in [6, 6.07) is 0.457. The molecule has 1 saturated carbocycles. The fraction of sp³-hybridized carbons (Fsp3) is 0.938. The molecule has 0 spiro atoms. The standard InChI is InChI=1S/C16H30N2O/c1-5-9-14-17-16(4,6-2)15(19)18(14)13-11-8-7-10-12(13)3/h12-14,17H,5-11H2,1-4H3. The van der Waals surface area contributed by atoms with E-state index in [0.717, 1.165) is 19.3 Å². The Labute approximate surface area is 118 Å². The zero-order valence-corrected chi connectivity index (χ0v) is 13.0. The molecular formula is C16H30N2O. The van der Waals surface area contributed by atoms with Gasteiger partial charge in [-0.2, -0.15) is 0 Å². The van der Waals surface area contributed by atoms with E-state index in [4.69, 9.17) is 0 Å². The summed E-state index contributed by atoms with van der Waals surface area (Å²) in [5.74, 6) is 0.991. The number of nitrogens with one attached hydrogen (secondary N) is 1. The van der Waals surface area contributed by atoms with Crippen molar-refractivity contribution in [3.63, 3.8) is 0 Å². The summed E-state index contributed by atoms with van der Waals surface area (Å²) in [5, 5.41) is 3.61. The van der Waals surface area contributed by atoms with Gasteiger partial charge in [0, 0.05) is 6.04 Å². The Balaban J connectivity index is 2.21. The highest BCUT2D eigenvalue weighted by Crippen LogP contribution is 2.35. The van der Waals surface area contributed by atoms with Crippen LogP contribution in [-0.2, 0) is 4.79 Å². The molecule has 2 aliphatic rings. The zero-order chi connectivity index (χ0) is 14.0. The number of carbonyl (C=O) groups is 1. The fourth-order valence-corrected chi connectivity index (χ4v) is 3.76. The van der Waals surface area contributed by atoms with Crippen LogP contribution in [0.4, 0.5) is 0 Å². The Hall–Kier alpha value is -0.570. The number of amides is 1. The highest BCUT2D eigenvalue weighted by atomic mass is 16.2. The summed E-state index contributed by atoms with van der Waals surface area (Å²) in [5.41, 5.74) is -0.336. The molecule has 0 radical (unpaired) electrons. The number of carbonyl (C=O) groups excluding carboxylic acids is 1. The third kappa shape index (κ3) is 2.67. The Morgan fingerprint density at radius 3 is 2.58 bits per heavy atom. The van der Waals surface area contributed by atoms with Crippen molar-refractivity contribution in [2.24, 2.45) is 5.92 Å². The van der Waals surface area contributed by atoms with E-state index in [0.29, 0.717) is 17.9 Å². The molecule has 1 amide bonds. The van der Waals surface area contributed by atoms with Crippen molar-refractivity contribution in [2.75, 3.05) is 0 Å². The van der Waals surface area contributed by atoms with Crippen LogP contribution in [-0.4, -0.2) is 28.6 Å². The molecule has 4 atom stereocenters. The molecule has 0 aromatic heterocycles. The van der Waals surface area contributed by atoms with Crippen molar-refractivity contribution in [2.45, 2.75) is 90.4 Å². The van der Waals surface area contributed by atoms with Crippen molar-refractivity contribution in [1.29, 1.82) is 0 Å². The Morgan fingerprint density at radius 2 is 2.00 bits per heavy atom. The zero-order valence-electron chi connectivity index (χ0n) is 13.0. The van der Waals surface area contributed by atoms with Crippen molar-refractivity contribution >= 4 is 5.91 Å². The third-order valence-electron chi connectivity index (χ3n) is 5.22. The molecule has 3 nitrogen and oxygen atoms in total. The molecule has 1 heterocycles. The molecular weight excluding hydrogens is 236 g/mol. The molecule has 1 aliphatic heterocycles. The van der Waals surface area contributed by atoms with Crippen LogP contribution in [0.15, 0.2) is 0 Å². The van der Waals surface area contributed by atoms with Gasteiger partial charge in [0.05, 0.1) is 11.7 Å². The van der Waals surface area contributed by atoms with Gasteiger partial charge in [-0.25, -0.2) is 0 Å². The number of hydrogen-bond acceptors (Lipinski definition) is 2. The predicted octanol–water partition coefficient (Wildman–Crippen LogP) is 3.29. The van der Waals surface area contributed by atoms with E-state index >= 15 is 0 Å². The van der Waals surface area contributed by atoms with Crippen molar-refractivity contribution in [1.82, 2.24) is 10.2 Å². The van der Waals surface area contributed by atoms with E-state index in [9.17, 15) is 4.79 Å². The molecule has 110 valence electrons. The van der Waals surface area contributed by atoms with Crippen LogP contribution >= 0.6 is 0 Å². The molecule has 0 aromatic carbocycles. The molecule has 3 heteroatoms. The smallest absolute Gasteiger partial charge is 0.244 e. The average Bonchev–Trinajstić information content (AvgIpc) is 2.64. The molecule has 1 saturated heterocycles. The summed E-state index contributed by atoms with van der Waals surface area (Å²) in [7, 11) is 0. The van der Waals surface area contributed by atoms with Gasteiger partial charge in [-0.1, -0.05) is 40.0 Å². The largest absolute Gasteiger partial charge is 0.322 e. The first-order chi connectivity index (χ1) is 9.03. The lowest BCUT2D eigenvalue weighted by atomic mass is 9.84. The van der Waals surface area contributed by atoms with Crippen LogP contribution in [0.5, 0.6) is 0 Å². The number of rotatable bonds is 4. The van der Waals surface area contributed by atoms with Gasteiger partial charge < -0.3 is 4.90 Å². The van der Waals surface area contributed by atoms with Crippen molar-refractivity contribution in [3.8, 4) is 0 Å². The maximum absolute atomic E-state index is 12.9. The fourth-order valence-electron chi connectivity index (χ4n) is 3.76. The van der Waals surface area contributed by atoms with Gasteiger partial charge in [-0.15, -0.1) is 0 Å². The first-order valence-electron chi connectivity index (χ1n) is 8.14. The summed E-state index contributed by atoms with van der Waals surface area (Å²) >= 11 is 0. The predicted molar refractivity (Wildman–Crippen MR) is 78.8 cm³/mol. The number of hydrogen-bond donors (Lipinski definition) is 1. The summed E-state index contributed by atoms with van der Waals surface area (Å²) < 4.78 is 0. The second-order valence-electron chi connectivity index (χ2n) is 6.68. The Kier molecular flexibility index (Phi) is 4.54.